The van der Waals surface area contributed by atoms with Crippen molar-refractivity contribution < 1.29 is 9.53 Å². The zero-order valence-corrected chi connectivity index (χ0v) is 14.4. The minimum absolute atomic E-state index is 0.0144. The Morgan fingerprint density at radius 3 is 2.16 bits per heavy atom. The van der Waals surface area contributed by atoms with Crippen molar-refractivity contribution in [1.82, 2.24) is 4.90 Å². The average molecular weight is 332 g/mol. The molecule has 0 spiro atoms. The van der Waals surface area contributed by atoms with Crippen LogP contribution in [0.1, 0.15) is 55.5 Å². The Kier molecular flexibility index (Phi) is 3.54. The van der Waals surface area contributed by atoms with Crippen LogP contribution in [0.15, 0.2) is 48.5 Å². The van der Waals surface area contributed by atoms with Gasteiger partial charge >= 0.3 is 0 Å². The van der Waals surface area contributed by atoms with Gasteiger partial charge in [-0.05, 0) is 62.1 Å². The van der Waals surface area contributed by atoms with Crippen LogP contribution in [0.3, 0.4) is 0 Å². The summed E-state index contributed by atoms with van der Waals surface area (Å²) in [6.45, 7) is 3.63. The molecule has 25 heavy (non-hydrogen) atoms. The molecule has 1 amide bonds. The normalized spacial score (nSPS) is 20.9. The van der Waals surface area contributed by atoms with Gasteiger partial charge in [0.2, 0.25) is 0 Å². The van der Waals surface area contributed by atoms with Gasteiger partial charge in [-0.1, -0.05) is 24.3 Å². The highest BCUT2D eigenvalue weighted by atomic mass is 16.5. The first-order valence-corrected chi connectivity index (χ1v) is 8.62. The van der Waals surface area contributed by atoms with Gasteiger partial charge in [0.1, 0.15) is 5.75 Å². The molecule has 0 saturated carbocycles. The summed E-state index contributed by atoms with van der Waals surface area (Å²) in [7, 11) is 0. The number of benzene rings is 2. The Labute approximate surface area is 147 Å². The Bertz CT molecular complexity index is 833. The van der Waals surface area contributed by atoms with Gasteiger partial charge in [0.05, 0.1) is 23.7 Å². The molecule has 2 unspecified atom stereocenters. The number of carbonyl (C=O) groups excluding carboxylic acids is 1. The van der Waals surface area contributed by atoms with Crippen molar-refractivity contribution in [2.75, 3.05) is 0 Å². The highest BCUT2D eigenvalue weighted by Crippen LogP contribution is 2.53. The molecular formula is C21H20N2O2. The van der Waals surface area contributed by atoms with Gasteiger partial charge in [-0.25, -0.2) is 0 Å². The van der Waals surface area contributed by atoms with E-state index in [2.05, 4.69) is 18.2 Å². The van der Waals surface area contributed by atoms with Crippen LogP contribution in [0.4, 0.5) is 0 Å². The Morgan fingerprint density at radius 1 is 1.08 bits per heavy atom. The number of fused-ring (bicyclic) bond motifs is 5. The predicted molar refractivity (Wildman–Crippen MR) is 93.9 cm³/mol. The predicted octanol–water partition coefficient (Wildman–Crippen LogP) is 4.13. The molecule has 1 saturated heterocycles. The molecule has 2 aliphatic rings. The fraction of sp³-hybridized carbons (Fsp3) is 0.333. The zero-order valence-electron chi connectivity index (χ0n) is 14.4. The second kappa shape index (κ2) is 5.63. The molecule has 0 aromatic heterocycles. The Balaban J connectivity index is 1.57. The molecule has 2 atom stereocenters. The van der Waals surface area contributed by atoms with Crippen molar-refractivity contribution in [3.8, 4) is 11.8 Å². The van der Waals surface area contributed by atoms with E-state index in [1.165, 1.54) is 11.1 Å². The molecule has 126 valence electrons. The summed E-state index contributed by atoms with van der Waals surface area (Å²) in [6, 6.07) is 17.6. The summed E-state index contributed by atoms with van der Waals surface area (Å²) in [5, 5.41) is 8.89. The molecule has 0 N–H and O–H groups in total. The number of hydrogen-bond donors (Lipinski definition) is 0. The van der Waals surface area contributed by atoms with Crippen LogP contribution < -0.4 is 4.74 Å². The van der Waals surface area contributed by atoms with Gasteiger partial charge in [-0.3, -0.25) is 4.79 Å². The first-order valence-electron chi connectivity index (χ1n) is 8.62. The monoisotopic (exact) mass is 332 g/mol. The van der Waals surface area contributed by atoms with Gasteiger partial charge in [-0.15, -0.1) is 0 Å². The van der Waals surface area contributed by atoms with Crippen molar-refractivity contribution in [2.24, 2.45) is 0 Å². The average Bonchev–Trinajstić information content (AvgIpc) is 3.18. The third-order valence-corrected chi connectivity index (χ3v) is 5.21. The Hall–Kier alpha value is -2.80. The summed E-state index contributed by atoms with van der Waals surface area (Å²) >= 11 is 0. The Morgan fingerprint density at radius 2 is 1.64 bits per heavy atom. The minimum Gasteiger partial charge on any atom is -0.478 e. The number of carbonyl (C=O) groups is 1. The zero-order chi connectivity index (χ0) is 17.6. The summed E-state index contributed by atoms with van der Waals surface area (Å²) in [5.41, 5.74) is 2.17. The van der Waals surface area contributed by atoms with Crippen LogP contribution in [-0.4, -0.2) is 16.4 Å². The van der Waals surface area contributed by atoms with Crippen molar-refractivity contribution in [3.05, 3.63) is 65.2 Å². The molecule has 2 heterocycles. The maximum absolute atomic E-state index is 13.3. The van der Waals surface area contributed by atoms with Gasteiger partial charge in [0.25, 0.3) is 5.91 Å². The summed E-state index contributed by atoms with van der Waals surface area (Å²) in [6.07, 6.45) is 2.03. The van der Waals surface area contributed by atoms with Gasteiger partial charge in [0, 0.05) is 0 Å². The lowest BCUT2D eigenvalue weighted by molar-refractivity contribution is -0.148. The summed E-state index contributed by atoms with van der Waals surface area (Å²) in [5.74, 6) is 0.613. The second-order valence-corrected chi connectivity index (χ2v) is 7.20. The maximum Gasteiger partial charge on any atom is 0.267 e. The van der Waals surface area contributed by atoms with Gasteiger partial charge < -0.3 is 9.64 Å². The quantitative estimate of drug-likeness (QED) is 0.849. The number of rotatable bonds is 3. The molecule has 4 rings (SSSR count). The van der Waals surface area contributed by atoms with E-state index in [1.54, 1.807) is 24.3 Å². The number of nitrogens with zero attached hydrogens (tertiary/aromatic N) is 2. The largest absolute Gasteiger partial charge is 0.478 e. The topological polar surface area (TPSA) is 53.3 Å². The van der Waals surface area contributed by atoms with E-state index in [4.69, 9.17) is 10.00 Å². The standard InChI is InChI=1S/C21H20N2O2/c1-21(2,25-15-9-7-14(13-22)8-10-15)20(24)23-18-11-12-19(23)17-6-4-3-5-16(17)18/h3-10,18-19H,11-12H2,1-2H3. The van der Waals surface area contributed by atoms with Crippen LogP contribution in [0, 0.1) is 11.3 Å². The molecular weight excluding hydrogens is 312 g/mol. The van der Waals surface area contributed by atoms with Crippen LogP contribution >= 0.6 is 0 Å². The molecule has 4 heteroatoms. The van der Waals surface area contributed by atoms with Crippen LogP contribution in [0.25, 0.3) is 0 Å². The summed E-state index contributed by atoms with van der Waals surface area (Å²) < 4.78 is 6.00. The molecule has 2 bridgehead atoms. The van der Waals surface area contributed by atoms with Crippen molar-refractivity contribution in [3.63, 3.8) is 0 Å². The molecule has 2 aromatic rings. The molecule has 2 aliphatic heterocycles. The molecule has 4 nitrogen and oxygen atoms in total. The highest BCUT2D eigenvalue weighted by molar-refractivity contribution is 5.86. The van der Waals surface area contributed by atoms with E-state index in [0.29, 0.717) is 11.3 Å². The number of hydrogen-bond acceptors (Lipinski definition) is 3. The lowest BCUT2D eigenvalue weighted by Crippen LogP contribution is -2.47. The molecule has 0 aliphatic carbocycles. The summed E-state index contributed by atoms with van der Waals surface area (Å²) in [4.78, 5) is 15.3. The lowest BCUT2D eigenvalue weighted by Gasteiger charge is -2.33. The van der Waals surface area contributed by atoms with Gasteiger partial charge in [-0.2, -0.15) is 5.26 Å². The minimum atomic E-state index is -0.961. The fourth-order valence-corrected chi connectivity index (χ4v) is 4.07. The molecule has 0 radical (unpaired) electrons. The van der Waals surface area contributed by atoms with Gasteiger partial charge in [0.15, 0.2) is 5.60 Å². The molecule has 2 aromatic carbocycles. The smallest absolute Gasteiger partial charge is 0.267 e. The first kappa shape index (κ1) is 15.7. The van der Waals surface area contributed by atoms with E-state index < -0.39 is 5.60 Å². The van der Waals surface area contributed by atoms with Crippen LogP contribution in [-0.2, 0) is 4.79 Å². The fourth-order valence-electron chi connectivity index (χ4n) is 4.07. The maximum atomic E-state index is 13.3. The number of ether oxygens (including phenoxy) is 1. The first-order chi connectivity index (χ1) is 12.0. The van der Waals surface area contributed by atoms with Crippen molar-refractivity contribution in [2.45, 2.75) is 44.4 Å². The van der Waals surface area contributed by atoms with E-state index in [1.807, 2.05) is 30.9 Å². The highest BCUT2D eigenvalue weighted by Gasteiger charge is 2.50. The lowest BCUT2D eigenvalue weighted by atomic mass is 9.92. The van der Waals surface area contributed by atoms with E-state index in [9.17, 15) is 4.79 Å². The SMILES string of the molecule is CC(C)(Oc1ccc(C#N)cc1)C(=O)N1C2CCC1c1ccccc12. The second-order valence-electron chi connectivity index (χ2n) is 7.20. The van der Waals surface area contributed by atoms with Crippen molar-refractivity contribution >= 4 is 5.91 Å². The molecule has 1 fully saturated rings. The van der Waals surface area contributed by atoms with Crippen LogP contribution in [0.2, 0.25) is 0 Å². The van der Waals surface area contributed by atoms with Crippen LogP contribution in [0.5, 0.6) is 5.75 Å². The van der Waals surface area contributed by atoms with Crippen molar-refractivity contribution in [1.29, 1.82) is 5.26 Å². The number of amides is 1. The van der Waals surface area contributed by atoms with E-state index >= 15 is 0 Å². The van der Waals surface area contributed by atoms with E-state index in [-0.39, 0.29) is 18.0 Å². The van der Waals surface area contributed by atoms with E-state index in [0.717, 1.165) is 12.8 Å². The third kappa shape index (κ3) is 2.47. The number of nitriles is 1. The third-order valence-electron chi connectivity index (χ3n) is 5.21.